The number of aromatic nitrogens is 4. The summed E-state index contributed by atoms with van der Waals surface area (Å²) >= 11 is 1.25. The van der Waals surface area contributed by atoms with E-state index in [0.717, 1.165) is 11.4 Å². The van der Waals surface area contributed by atoms with Gasteiger partial charge in [-0.3, -0.25) is 14.8 Å². The first-order valence-corrected chi connectivity index (χ1v) is 10.0. The molecule has 0 bridgehead atoms. The third-order valence-electron chi connectivity index (χ3n) is 4.80. The van der Waals surface area contributed by atoms with Crippen LogP contribution in [0.4, 0.5) is 9.52 Å². The molecule has 0 unspecified atom stereocenters. The van der Waals surface area contributed by atoms with E-state index in [9.17, 15) is 9.18 Å². The van der Waals surface area contributed by atoms with Gasteiger partial charge in [-0.25, -0.2) is 9.37 Å². The van der Waals surface area contributed by atoms with Gasteiger partial charge in [0.05, 0.1) is 19.0 Å². The molecule has 154 valence electrons. The lowest BCUT2D eigenvalue weighted by Gasteiger charge is -2.12. The van der Waals surface area contributed by atoms with Crippen LogP contribution in [0, 0.1) is 19.7 Å². The number of benzene rings is 1. The lowest BCUT2D eigenvalue weighted by Crippen LogP contribution is -2.16. The molecule has 1 N–H and O–H groups in total. The Kier molecular flexibility index (Phi) is 5.13. The topological polar surface area (TPSA) is 74.0 Å². The third-order valence-corrected chi connectivity index (χ3v) is 5.55. The number of thiazole rings is 1. The van der Waals surface area contributed by atoms with Gasteiger partial charge in [-0.15, -0.1) is 11.3 Å². The van der Waals surface area contributed by atoms with Crippen LogP contribution in [0.2, 0.25) is 0 Å². The SMILES string of the molecule is COc1ccc(F)cc1-c1csc(NC(=O)c2cnn(C)c2-n2c(C)ccc2C)n1. The molecular weight excluding hydrogens is 405 g/mol. The summed E-state index contributed by atoms with van der Waals surface area (Å²) in [7, 11) is 3.31. The molecule has 9 heteroatoms. The Morgan fingerprint density at radius 1 is 1.20 bits per heavy atom. The highest BCUT2D eigenvalue weighted by atomic mass is 32.1. The molecule has 0 aliphatic rings. The van der Waals surface area contributed by atoms with Crippen molar-refractivity contribution in [2.24, 2.45) is 7.05 Å². The Morgan fingerprint density at radius 3 is 2.63 bits per heavy atom. The fourth-order valence-electron chi connectivity index (χ4n) is 3.36. The molecule has 0 spiro atoms. The first kappa shape index (κ1) is 19.8. The molecular formula is C21H20FN5O2S. The van der Waals surface area contributed by atoms with Crippen LogP contribution >= 0.6 is 11.3 Å². The lowest BCUT2D eigenvalue weighted by atomic mass is 10.1. The summed E-state index contributed by atoms with van der Waals surface area (Å²) in [6, 6.07) is 8.21. The van der Waals surface area contributed by atoms with Crippen molar-refractivity contribution in [2.45, 2.75) is 13.8 Å². The van der Waals surface area contributed by atoms with Crippen molar-refractivity contribution in [3.63, 3.8) is 0 Å². The molecule has 1 aromatic carbocycles. The van der Waals surface area contributed by atoms with Crippen molar-refractivity contribution in [3.05, 3.63) is 64.7 Å². The van der Waals surface area contributed by atoms with Crippen LogP contribution in [0.5, 0.6) is 5.75 Å². The predicted molar refractivity (Wildman–Crippen MR) is 114 cm³/mol. The number of halogens is 1. The van der Waals surface area contributed by atoms with Crippen molar-refractivity contribution >= 4 is 22.4 Å². The summed E-state index contributed by atoms with van der Waals surface area (Å²) in [5.74, 6) is 0.475. The van der Waals surface area contributed by atoms with Crippen molar-refractivity contribution < 1.29 is 13.9 Å². The van der Waals surface area contributed by atoms with Crippen molar-refractivity contribution in [1.29, 1.82) is 0 Å². The summed E-state index contributed by atoms with van der Waals surface area (Å²) < 4.78 is 22.6. The minimum absolute atomic E-state index is 0.322. The monoisotopic (exact) mass is 425 g/mol. The van der Waals surface area contributed by atoms with E-state index in [4.69, 9.17) is 4.74 Å². The van der Waals surface area contributed by atoms with Gasteiger partial charge in [0.2, 0.25) is 0 Å². The molecule has 7 nitrogen and oxygen atoms in total. The van der Waals surface area contributed by atoms with Crippen molar-refractivity contribution in [1.82, 2.24) is 19.3 Å². The first-order valence-electron chi connectivity index (χ1n) is 9.17. The molecule has 4 rings (SSSR count). The predicted octanol–water partition coefficient (Wildman–Crippen LogP) is 4.35. The quantitative estimate of drug-likeness (QED) is 0.516. The minimum Gasteiger partial charge on any atom is -0.496 e. The number of methoxy groups -OCH3 is 1. The standard InChI is InChI=1S/C21H20FN5O2S/c1-12-5-6-13(2)27(12)20-16(10-23-26(20)3)19(28)25-21-24-17(11-30-21)15-9-14(22)7-8-18(15)29-4/h5-11H,1-4H3,(H,24,25,28). The van der Waals surface area contributed by atoms with Crippen LogP contribution in [0.15, 0.2) is 41.9 Å². The number of ether oxygens (including phenoxy) is 1. The molecule has 3 heterocycles. The van der Waals surface area contributed by atoms with E-state index in [2.05, 4.69) is 15.4 Å². The summed E-state index contributed by atoms with van der Waals surface area (Å²) in [5.41, 5.74) is 3.48. The van der Waals surface area contributed by atoms with Gasteiger partial charge in [-0.1, -0.05) is 0 Å². The Morgan fingerprint density at radius 2 is 1.93 bits per heavy atom. The highest BCUT2D eigenvalue weighted by Crippen LogP contribution is 2.33. The van der Waals surface area contributed by atoms with Crippen LogP contribution < -0.4 is 10.1 Å². The van der Waals surface area contributed by atoms with Crippen molar-refractivity contribution in [2.75, 3.05) is 12.4 Å². The molecule has 30 heavy (non-hydrogen) atoms. The summed E-state index contributed by atoms with van der Waals surface area (Å²) in [5, 5.41) is 9.23. The third kappa shape index (κ3) is 3.48. The van der Waals surface area contributed by atoms with Crippen LogP contribution in [0.25, 0.3) is 17.1 Å². The number of anilines is 1. The molecule has 0 saturated carbocycles. The second-order valence-corrected chi connectivity index (χ2v) is 7.65. The fourth-order valence-corrected chi connectivity index (χ4v) is 4.06. The van der Waals surface area contributed by atoms with Crippen LogP contribution in [-0.2, 0) is 7.05 Å². The van der Waals surface area contributed by atoms with Crippen LogP contribution in [0.1, 0.15) is 21.7 Å². The molecule has 0 atom stereocenters. The maximum atomic E-state index is 13.7. The maximum absolute atomic E-state index is 13.7. The molecule has 1 amide bonds. The highest BCUT2D eigenvalue weighted by molar-refractivity contribution is 7.14. The molecule has 0 fully saturated rings. The summed E-state index contributed by atoms with van der Waals surface area (Å²) in [4.78, 5) is 17.4. The van der Waals surface area contributed by atoms with Gasteiger partial charge in [0, 0.05) is 29.4 Å². The Balaban J connectivity index is 1.64. The Bertz CT molecular complexity index is 1220. The molecule has 0 aliphatic carbocycles. The zero-order valence-electron chi connectivity index (χ0n) is 16.9. The molecule has 0 radical (unpaired) electrons. The van der Waals surface area contributed by atoms with E-state index in [0.29, 0.717) is 33.5 Å². The number of carbonyl (C=O) groups is 1. The Hall–Kier alpha value is -3.46. The second kappa shape index (κ2) is 7.75. The number of aryl methyl sites for hydroxylation is 3. The highest BCUT2D eigenvalue weighted by Gasteiger charge is 2.21. The molecule has 0 saturated heterocycles. The second-order valence-electron chi connectivity index (χ2n) is 6.79. The number of hydrogen-bond donors (Lipinski definition) is 1. The van der Waals surface area contributed by atoms with Gasteiger partial charge >= 0.3 is 0 Å². The smallest absolute Gasteiger partial charge is 0.262 e. The average Bonchev–Trinajstić information content (AvgIpc) is 3.41. The summed E-state index contributed by atoms with van der Waals surface area (Å²) in [6.07, 6.45) is 1.54. The number of nitrogens with one attached hydrogen (secondary N) is 1. The molecule has 0 aliphatic heterocycles. The van der Waals surface area contributed by atoms with E-state index in [1.165, 1.54) is 36.8 Å². The Labute approximate surface area is 176 Å². The maximum Gasteiger partial charge on any atom is 0.262 e. The number of rotatable bonds is 5. The van der Waals surface area contributed by atoms with E-state index in [1.807, 2.05) is 30.5 Å². The van der Waals surface area contributed by atoms with Crippen LogP contribution in [0.3, 0.4) is 0 Å². The van der Waals surface area contributed by atoms with E-state index < -0.39 is 0 Å². The number of amides is 1. The van der Waals surface area contributed by atoms with Gasteiger partial charge in [-0.2, -0.15) is 5.10 Å². The molecule has 4 aromatic rings. The normalized spacial score (nSPS) is 11.0. The largest absolute Gasteiger partial charge is 0.496 e. The number of carbonyl (C=O) groups excluding carboxylic acids is 1. The summed E-state index contributed by atoms with van der Waals surface area (Å²) in [6.45, 7) is 3.95. The first-order chi connectivity index (χ1) is 14.4. The molecule has 3 aromatic heterocycles. The zero-order valence-corrected chi connectivity index (χ0v) is 17.7. The average molecular weight is 425 g/mol. The van der Waals surface area contributed by atoms with Gasteiger partial charge in [0.25, 0.3) is 5.91 Å². The van der Waals surface area contributed by atoms with E-state index in [-0.39, 0.29) is 11.7 Å². The van der Waals surface area contributed by atoms with E-state index in [1.54, 1.807) is 23.2 Å². The van der Waals surface area contributed by atoms with Gasteiger partial charge < -0.3 is 9.30 Å². The number of hydrogen-bond acceptors (Lipinski definition) is 5. The van der Waals surface area contributed by atoms with E-state index >= 15 is 0 Å². The van der Waals surface area contributed by atoms with Gasteiger partial charge in [0.15, 0.2) is 5.13 Å². The van der Waals surface area contributed by atoms with Gasteiger partial charge in [0.1, 0.15) is 22.9 Å². The minimum atomic E-state index is -0.387. The van der Waals surface area contributed by atoms with Crippen molar-refractivity contribution in [3.8, 4) is 22.8 Å². The van der Waals surface area contributed by atoms with Gasteiger partial charge in [-0.05, 0) is 44.2 Å². The fraction of sp³-hybridized carbons (Fsp3) is 0.190. The lowest BCUT2D eigenvalue weighted by molar-refractivity contribution is 0.102. The van der Waals surface area contributed by atoms with Crippen LogP contribution in [-0.4, -0.2) is 32.3 Å². The number of nitrogens with zero attached hydrogens (tertiary/aromatic N) is 4. The zero-order chi connectivity index (χ0) is 21.4.